The number of hydrogen-bond acceptors (Lipinski definition) is 7. The molecule has 5 N–H and O–H groups in total. The van der Waals surface area contributed by atoms with Crippen molar-refractivity contribution in [2.45, 2.75) is 15.5 Å². The quantitative estimate of drug-likeness (QED) is 0.217. The molecule has 0 radical (unpaired) electrons. The fraction of sp³-hybridized carbons (Fsp3) is 0.0714. The Morgan fingerprint density at radius 3 is 2.39 bits per heavy atom. The van der Waals surface area contributed by atoms with E-state index in [0.717, 1.165) is 18.2 Å². The molecule has 2 aromatic rings. The fourth-order valence-corrected chi connectivity index (χ4v) is 3.15. The first-order valence-corrected chi connectivity index (χ1v) is 10.1. The molecule has 0 atom stereocenters. The molecule has 0 aliphatic carbocycles. The summed E-state index contributed by atoms with van der Waals surface area (Å²) in [5.41, 5.74) is 4.92. The summed E-state index contributed by atoms with van der Waals surface area (Å²) >= 11 is 5.44. The standard InChI is InChI=1S/C14H13F2N5O4S3/c15-13(16)27-9-3-1-8(2-4-9)18-14(26)20-19-11-6-5-10(28(17,24)25)7-12(11)21(22)23/h1-7,13,19H,(H2,17,24,25)(H2,18,20,26). The molecule has 2 rings (SSSR count). The number of hydrazine groups is 1. The van der Waals surface area contributed by atoms with Gasteiger partial charge in [-0.05, 0) is 48.6 Å². The Balaban J connectivity index is 2.03. The molecule has 2 aromatic carbocycles. The molecule has 0 heterocycles. The van der Waals surface area contributed by atoms with Crippen molar-refractivity contribution in [3.05, 3.63) is 52.6 Å². The molecule has 0 aliphatic rings. The Kier molecular flexibility index (Phi) is 7.06. The predicted molar refractivity (Wildman–Crippen MR) is 106 cm³/mol. The van der Waals surface area contributed by atoms with Gasteiger partial charge < -0.3 is 5.32 Å². The lowest BCUT2D eigenvalue weighted by atomic mass is 10.3. The van der Waals surface area contributed by atoms with E-state index in [1.54, 1.807) is 0 Å². The van der Waals surface area contributed by atoms with Gasteiger partial charge in [-0.3, -0.25) is 21.0 Å². The number of nitrogens with one attached hydrogen (secondary N) is 3. The molecule has 9 nitrogen and oxygen atoms in total. The zero-order valence-electron chi connectivity index (χ0n) is 13.8. The second-order valence-electron chi connectivity index (χ2n) is 5.09. The molecule has 0 saturated heterocycles. The molecule has 0 spiro atoms. The van der Waals surface area contributed by atoms with E-state index in [0.29, 0.717) is 22.3 Å². The molecule has 0 saturated carbocycles. The van der Waals surface area contributed by atoms with Crippen LogP contribution in [0.5, 0.6) is 0 Å². The normalized spacial score (nSPS) is 11.1. The number of hydrogen-bond donors (Lipinski definition) is 4. The number of sulfonamides is 1. The lowest BCUT2D eigenvalue weighted by Gasteiger charge is -2.13. The molecule has 14 heteroatoms. The minimum absolute atomic E-state index is 0.0269. The molecule has 28 heavy (non-hydrogen) atoms. The average molecular weight is 449 g/mol. The van der Waals surface area contributed by atoms with E-state index in [1.807, 2.05) is 0 Å². The van der Waals surface area contributed by atoms with Gasteiger partial charge in [0.1, 0.15) is 5.69 Å². The van der Waals surface area contributed by atoms with Crippen LogP contribution in [-0.2, 0) is 10.0 Å². The Hall–Kier alpha value is -2.55. The summed E-state index contributed by atoms with van der Waals surface area (Å²) in [4.78, 5) is 10.3. The van der Waals surface area contributed by atoms with Crippen molar-refractivity contribution in [3.63, 3.8) is 0 Å². The Labute approximate surface area is 167 Å². The number of primary sulfonamides is 1. The van der Waals surface area contributed by atoms with Crippen LogP contribution in [0, 0.1) is 10.1 Å². The number of rotatable bonds is 7. The van der Waals surface area contributed by atoms with Crippen molar-refractivity contribution in [2.75, 3.05) is 10.7 Å². The maximum Gasteiger partial charge on any atom is 0.295 e. The monoisotopic (exact) mass is 449 g/mol. The van der Waals surface area contributed by atoms with Gasteiger partial charge in [0.25, 0.3) is 11.4 Å². The van der Waals surface area contributed by atoms with E-state index in [2.05, 4.69) is 16.2 Å². The van der Waals surface area contributed by atoms with Crippen molar-refractivity contribution in [2.24, 2.45) is 5.14 Å². The van der Waals surface area contributed by atoms with Gasteiger partial charge in [0, 0.05) is 16.6 Å². The topological polar surface area (TPSA) is 139 Å². The first-order valence-electron chi connectivity index (χ1n) is 7.25. The number of thioether (sulfide) groups is 1. The van der Waals surface area contributed by atoms with Crippen LogP contribution in [0.1, 0.15) is 0 Å². The van der Waals surface area contributed by atoms with Crippen LogP contribution >= 0.6 is 24.0 Å². The van der Waals surface area contributed by atoms with Gasteiger partial charge in [0.05, 0.1) is 9.82 Å². The van der Waals surface area contributed by atoms with Gasteiger partial charge >= 0.3 is 0 Å². The number of nitro benzene ring substituents is 1. The van der Waals surface area contributed by atoms with Crippen LogP contribution in [0.3, 0.4) is 0 Å². The summed E-state index contributed by atoms with van der Waals surface area (Å²) in [6.07, 6.45) is 0. The zero-order chi connectivity index (χ0) is 20.9. The van der Waals surface area contributed by atoms with E-state index in [1.165, 1.54) is 24.3 Å². The van der Waals surface area contributed by atoms with Gasteiger partial charge in [-0.25, -0.2) is 13.6 Å². The minimum Gasteiger partial charge on any atom is -0.331 e. The molecular weight excluding hydrogens is 436 g/mol. The molecule has 150 valence electrons. The highest BCUT2D eigenvalue weighted by atomic mass is 32.2. The van der Waals surface area contributed by atoms with Crippen molar-refractivity contribution >= 4 is 56.2 Å². The van der Waals surface area contributed by atoms with Crippen molar-refractivity contribution in [3.8, 4) is 0 Å². The van der Waals surface area contributed by atoms with Gasteiger partial charge in [-0.15, -0.1) is 0 Å². The SMILES string of the molecule is NS(=O)(=O)c1ccc(NNC(=S)Nc2ccc(SC(F)F)cc2)c([N+](=O)[O-])c1. The van der Waals surface area contributed by atoms with Crippen molar-refractivity contribution in [1.29, 1.82) is 0 Å². The minimum atomic E-state index is -4.10. The smallest absolute Gasteiger partial charge is 0.295 e. The lowest BCUT2D eigenvalue weighted by molar-refractivity contribution is -0.384. The summed E-state index contributed by atoms with van der Waals surface area (Å²) in [5, 5.41) is 18.9. The molecule has 0 aromatic heterocycles. The van der Waals surface area contributed by atoms with E-state index >= 15 is 0 Å². The number of anilines is 2. The number of nitrogens with two attached hydrogens (primary N) is 1. The zero-order valence-corrected chi connectivity index (χ0v) is 16.2. The van der Waals surface area contributed by atoms with Crippen molar-refractivity contribution < 1.29 is 22.1 Å². The van der Waals surface area contributed by atoms with Crippen LogP contribution in [0.25, 0.3) is 0 Å². The summed E-state index contributed by atoms with van der Waals surface area (Å²) in [5.74, 6) is -2.53. The fourth-order valence-electron chi connectivity index (χ4n) is 1.95. The highest BCUT2D eigenvalue weighted by molar-refractivity contribution is 7.99. The van der Waals surface area contributed by atoms with E-state index < -0.39 is 31.3 Å². The Bertz CT molecular complexity index is 987. The van der Waals surface area contributed by atoms with Crippen molar-refractivity contribution in [1.82, 2.24) is 5.43 Å². The molecule has 0 fully saturated rings. The first kappa shape index (κ1) is 21.7. The Morgan fingerprint density at radius 2 is 1.86 bits per heavy atom. The van der Waals surface area contributed by atoms with Crippen LogP contribution in [0.4, 0.5) is 25.8 Å². The Morgan fingerprint density at radius 1 is 1.21 bits per heavy atom. The number of nitro groups is 1. The second-order valence-corrected chi connectivity index (χ2v) is 8.12. The predicted octanol–water partition coefficient (Wildman–Crippen LogP) is 2.87. The van der Waals surface area contributed by atoms with Crippen LogP contribution in [-0.4, -0.2) is 24.2 Å². The van der Waals surface area contributed by atoms with Crippen LogP contribution in [0.15, 0.2) is 52.3 Å². The molecule has 0 amide bonds. The first-order chi connectivity index (χ1) is 13.1. The number of benzene rings is 2. The summed E-state index contributed by atoms with van der Waals surface area (Å²) in [6.45, 7) is 0. The highest BCUT2D eigenvalue weighted by Crippen LogP contribution is 2.27. The van der Waals surface area contributed by atoms with Crippen LogP contribution in [0.2, 0.25) is 0 Å². The third-order valence-electron chi connectivity index (χ3n) is 3.14. The highest BCUT2D eigenvalue weighted by Gasteiger charge is 2.19. The molecule has 0 unspecified atom stereocenters. The largest absolute Gasteiger partial charge is 0.331 e. The molecule has 0 aliphatic heterocycles. The van der Waals surface area contributed by atoms with Gasteiger partial charge in [-0.2, -0.15) is 8.78 Å². The average Bonchev–Trinajstić information content (AvgIpc) is 2.60. The number of nitrogens with zero attached hydrogens (tertiary/aromatic N) is 1. The van der Waals surface area contributed by atoms with E-state index in [9.17, 15) is 27.3 Å². The second kappa shape index (κ2) is 9.09. The summed E-state index contributed by atoms with van der Waals surface area (Å²) in [6, 6.07) is 9.09. The molecule has 0 bridgehead atoms. The van der Waals surface area contributed by atoms with E-state index in [4.69, 9.17) is 17.4 Å². The summed E-state index contributed by atoms with van der Waals surface area (Å²) < 4.78 is 47.2. The molecular formula is C14H13F2N5O4S3. The van der Waals surface area contributed by atoms with Gasteiger partial charge in [0.15, 0.2) is 5.11 Å². The lowest BCUT2D eigenvalue weighted by Crippen LogP contribution is -2.33. The van der Waals surface area contributed by atoms with Crippen LogP contribution < -0.4 is 21.3 Å². The maximum absolute atomic E-state index is 12.3. The van der Waals surface area contributed by atoms with Gasteiger partial charge in [-0.1, -0.05) is 11.8 Å². The summed E-state index contributed by atoms with van der Waals surface area (Å²) in [7, 11) is -4.10. The third-order valence-corrected chi connectivity index (χ3v) is 4.98. The van der Waals surface area contributed by atoms with Gasteiger partial charge in [0.2, 0.25) is 10.0 Å². The number of halogens is 2. The number of thiocarbonyl (C=S) groups is 1. The number of alkyl halides is 2. The van der Waals surface area contributed by atoms with E-state index in [-0.39, 0.29) is 10.8 Å². The maximum atomic E-state index is 12.3. The third kappa shape index (κ3) is 6.26.